The molecule has 3 fully saturated rings. The lowest BCUT2D eigenvalue weighted by atomic mass is 9.81. The number of hydrogen-bond acceptors (Lipinski definition) is 4. The van der Waals surface area contributed by atoms with E-state index in [1.165, 1.54) is 0 Å². The molecule has 2 unspecified atom stereocenters. The number of hydrogen-bond donors (Lipinski definition) is 0. The number of rotatable bonds is 3. The van der Waals surface area contributed by atoms with Crippen molar-refractivity contribution in [1.29, 1.82) is 0 Å². The molecule has 0 saturated carbocycles. The zero-order valence-electron chi connectivity index (χ0n) is 12.0. The number of fused-ring (bicyclic) bond motifs is 3. The van der Waals surface area contributed by atoms with E-state index < -0.39 is 10.1 Å². The van der Waals surface area contributed by atoms with Crippen LogP contribution in [0.4, 0.5) is 0 Å². The zero-order valence-corrected chi connectivity index (χ0v) is 12.8. The highest BCUT2D eigenvalue weighted by Crippen LogP contribution is 2.35. The average Bonchev–Trinajstić information content (AvgIpc) is 2.44. The van der Waals surface area contributed by atoms with Crippen LogP contribution in [0.15, 0.2) is 29.2 Å². The molecule has 0 aromatic heterocycles. The van der Waals surface area contributed by atoms with E-state index in [4.69, 9.17) is 4.18 Å². The SMILES string of the molecule is Cc1ccc(S(=O)(=O)OC2C3CCN(CC3)C2C)cc1. The molecule has 3 saturated heterocycles. The predicted molar refractivity (Wildman–Crippen MR) is 77.0 cm³/mol. The molecule has 3 heterocycles. The predicted octanol–water partition coefficient (Wildman–Crippen LogP) is 2.18. The van der Waals surface area contributed by atoms with Crippen LogP contribution in [0.3, 0.4) is 0 Å². The molecule has 0 radical (unpaired) electrons. The summed E-state index contributed by atoms with van der Waals surface area (Å²) in [4.78, 5) is 2.58. The van der Waals surface area contributed by atoms with Crippen LogP contribution < -0.4 is 0 Å². The van der Waals surface area contributed by atoms with E-state index >= 15 is 0 Å². The summed E-state index contributed by atoms with van der Waals surface area (Å²) in [6.45, 7) is 6.14. The van der Waals surface area contributed by atoms with Gasteiger partial charge in [0.25, 0.3) is 10.1 Å². The van der Waals surface area contributed by atoms with Crippen LogP contribution in [0.25, 0.3) is 0 Å². The Bertz CT molecular complexity index is 572. The van der Waals surface area contributed by atoms with Gasteiger partial charge in [-0.1, -0.05) is 17.7 Å². The van der Waals surface area contributed by atoms with Crippen LogP contribution in [0.5, 0.6) is 0 Å². The molecule has 20 heavy (non-hydrogen) atoms. The van der Waals surface area contributed by atoms with Crippen LogP contribution in [0.2, 0.25) is 0 Å². The van der Waals surface area contributed by atoms with E-state index in [2.05, 4.69) is 11.8 Å². The maximum absolute atomic E-state index is 12.4. The lowest BCUT2D eigenvalue weighted by molar-refractivity contribution is -0.0478. The van der Waals surface area contributed by atoms with Gasteiger partial charge in [-0.05, 0) is 57.8 Å². The summed E-state index contributed by atoms with van der Waals surface area (Å²) in [5.74, 6) is 0.371. The van der Waals surface area contributed by atoms with Crippen molar-refractivity contribution in [3.63, 3.8) is 0 Å². The van der Waals surface area contributed by atoms with Gasteiger partial charge in [-0.3, -0.25) is 9.08 Å². The van der Waals surface area contributed by atoms with E-state index in [0.29, 0.717) is 5.92 Å². The molecule has 3 aliphatic rings. The molecular weight excluding hydrogens is 274 g/mol. The Hall–Kier alpha value is -0.910. The Morgan fingerprint density at radius 1 is 1.15 bits per heavy atom. The van der Waals surface area contributed by atoms with Gasteiger partial charge in [0.2, 0.25) is 0 Å². The lowest BCUT2D eigenvalue weighted by Gasteiger charge is -2.48. The van der Waals surface area contributed by atoms with E-state index in [1.807, 2.05) is 6.92 Å². The highest BCUT2D eigenvalue weighted by molar-refractivity contribution is 7.86. The molecule has 0 spiro atoms. The van der Waals surface area contributed by atoms with Crippen LogP contribution in [-0.2, 0) is 14.3 Å². The van der Waals surface area contributed by atoms with E-state index in [9.17, 15) is 8.42 Å². The fourth-order valence-electron chi connectivity index (χ4n) is 3.32. The summed E-state index contributed by atoms with van der Waals surface area (Å²) in [5.41, 5.74) is 1.04. The maximum Gasteiger partial charge on any atom is 0.297 e. The molecule has 4 nitrogen and oxygen atoms in total. The lowest BCUT2D eigenvalue weighted by Crippen LogP contribution is -2.57. The van der Waals surface area contributed by atoms with Gasteiger partial charge in [-0.25, -0.2) is 0 Å². The molecule has 3 aliphatic heterocycles. The maximum atomic E-state index is 12.4. The van der Waals surface area contributed by atoms with Crippen LogP contribution in [0, 0.1) is 12.8 Å². The molecule has 110 valence electrons. The van der Waals surface area contributed by atoms with Crippen LogP contribution in [0.1, 0.15) is 25.3 Å². The smallest absolute Gasteiger partial charge is 0.297 e. The largest absolute Gasteiger partial charge is 0.298 e. The van der Waals surface area contributed by atoms with Crippen LogP contribution in [-0.4, -0.2) is 38.6 Å². The first kappa shape index (κ1) is 14.0. The molecule has 2 atom stereocenters. The minimum Gasteiger partial charge on any atom is -0.298 e. The number of benzene rings is 1. The third-order valence-electron chi connectivity index (χ3n) is 4.64. The fraction of sp³-hybridized carbons (Fsp3) is 0.600. The normalized spacial score (nSPS) is 33.3. The monoisotopic (exact) mass is 295 g/mol. The molecular formula is C15H21NO3S. The van der Waals surface area contributed by atoms with Crippen molar-refractivity contribution in [2.24, 2.45) is 5.92 Å². The van der Waals surface area contributed by atoms with Crippen molar-refractivity contribution in [3.8, 4) is 0 Å². The summed E-state index contributed by atoms with van der Waals surface area (Å²) in [6, 6.07) is 7.03. The quantitative estimate of drug-likeness (QED) is 0.802. The van der Waals surface area contributed by atoms with Gasteiger partial charge in [0.1, 0.15) is 0 Å². The molecule has 2 bridgehead atoms. The van der Waals surface area contributed by atoms with Gasteiger partial charge in [0.05, 0.1) is 11.0 Å². The second kappa shape index (κ2) is 5.13. The van der Waals surface area contributed by atoms with Gasteiger partial charge < -0.3 is 0 Å². The summed E-state index contributed by atoms with van der Waals surface area (Å²) in [6.07, 6.45) is 1.88. The van der Waals surface area contributed by atoms with Gasteiger partial charge in [0.15, 0.2) is 0 Å². The van der Waals surface area contributed by atoms with Crippen molar-refractivity contribution in [3.05, 3.63) is 29.8 Å². The standard InChI is InChI=1S/C15H21NO3S/c1-11-3-5-14(6-4-11)20(17,18)19-15-12(2)16-9-7-13(15)8-10-16/h3-6,12-13,15H,7-10H2,1-2H3. The average molecular weight is 295 g/mol. The summed E-state index contributed by atoms with van der Waals surface area (Å²) in [5, 5.41) is 0. The van der Waals surface area contributed by atoms with Gasteiger partial charge in [0, 0.05) is 6.04 Å². The Balaban J connectivity index is 1.81. The van der Waals surface area contributed by atoms with Gasteiger partial charge >= 0.3 is 0 Å². The molecule has 0 amide bonds. The molecule has 1 aromatic rings. The first-order valence-corrected chi connectivity index (χ1v) is 8.62. The second-order valence-corrected chi connectivity index (χ2v) is 7.51. The number of aryl methyl sites for hydroxylation is 1. The fourth-order valence-corrected chi connectivity index (χ4v) is 4.51. The Morgan fingerprint density at radius 2 is 1.75 bits per heavy atom. The molecule has 1 aromatic carbocycles. The molecule has 4 rings (SSSR count). The van der Waals surface area contributed by atoms with Crippen molar-refractivity contribution in [1.82, 2.24) is 4.90 Å². The summed E-state index contributed by atoms with van der Waals surface area (Å²) >= 11 is 0. The first-order valence-electron chi connectivity index (χ1n) is 7.21. The van der Waals surface area contributed by atoms with E-state index in [0.717, 1.165) is 31.5 Å². The highest BCUT2D eigenvalue weighted by atomic mass is 32.2. The van der Waals surface area contributed by atoms with E-state index in [-0.39, 0.29) is 17.0 Å². The summed E-state index contributed by atoms with van der Waals surface area (Å²) < 4.78 is 30.4. The van der Waals surface area contributed by atoms with Gasteiger partial charge in [-0.2, -0.15) is 8.42 Å². The second-order valence-electron chi connectivity index (χ2n) is 5.94. The van der Waals surface area contributed by atoms with Gasteiger partial charge in [-0.15, -0.1) is 0 Å². The van der Waals surface area contributed by atoms with Crippen molar-refractivity contribution in [2.75, 3.05) is 13.1 Å². The molecule has 0 N–H and O–H groups in total. The Kier molecular flexibility index (Phi) is 3.60. The van der Waals surface area contributed by atoms with Crippen molar-refractivity contribution in [2.45, 2.75) is 43.7 Å². The Morgan fingerprint density at radius 3 is 2.30 bits per heavy atom. The third-order valence-corrected chi connectivity index (χ3v) is 5.96. The zero-order chi connectivity index (χ0) is 14.3. The Labute approximate surface area is 120 Å². The first-order chi connectivity index (χ1) is 9.47. The minimum atomic E-state index is -3.66. The molecule has 0 aliphatic carbocycles. The minimum absolute atomic E-state index is 0.183. The third kappa shape index (κ3) is 2.50. The number of nitrogens with zero attached hydrogens (tertiary/aromatic N) is 1. The van der Waals surface area contributed by atoms with Crippen molar-refractivity contribution < 1.29 is 12.6 Å². The topological polar surface area (TPSA) is 46.6 Å². The van der Waals surface area contributed by atoms with Crippen LogP contribution >= 0.6 is 0 Å². The summed E-state index contributed by atoms with van der Waals surface area (Å²) in [7, 11) is -3.66. The van der Waals surface area contributed by atoms with E-state index in [1.54, 1.807) is 24.3 Å². The number of piperidine rings is 3. The molecule has 5 heteroatoms. The highest BCUT2D eigenvalue weighted by Gasteiger charge is 2.42. The van der Waals surface area contributed by atoms with Crippen molar-refractivity contribution >= 4 is 10.1 Å².